The number of nitrogens with zero attached hydrogens (tertiary/aromatic N) is 4. The van der Waals surface area contributed by atoms with Gasteiger partial charge in [-0.05, 0) is 18.8 Å². The van der Waals surface area contributed by atoms with Crippen LogP contribution in [0.5, 0.6) is 0 Å². The number of anilines is 1. The van der Waals surface area contributed by atoms with Gasteiger partial charge in [-0.3, -0.25) is 4.68 Å². The summed E-state index contributed by atoms with van der Waals surface area (Å²) in [4.78, 5) is 8.49. The van der Waals surface area contributed by atoms with Gasteiger partial charge in [0, 0.05) is 13.6 Å². The molecule has 1 aliphatic rings. The van der Waals surface area contributed by atoms with Crippen molar-refractivity contribution in [3.8, 4) is 0 Å². The van der Waals surface area contributed by atoms with Crippen LogP contribution < -0.4 is 5.32 Å². The monoisotopic (exact) mass is 217 g/mol. The molecule has 0 saturated heterocycles. The van der Waals surface area contributed by atoms with Gasteiger partial charge in [0.25, 0.3) is 0 Å². The lowest BCUT2D eigenvalue weighted by Crippen LogP contribution is -2.21. The van der Waals surface area contributed by atoms with Gasteiger partial charge in [0.05, 0.1) is 11.6 Å². The van der Waals surface area contributed by atoms with E-state index in [0.29, 0.717) is 0 Å². The Bertz CT molecular complexity index is 500. The second-order valence-electron chi connectivity index (χ2n) is 4.41. The third-order valence-electron chi connectivity index (χ3n) is 3.31. The van der Waals surface area contributed by atoms with Crippen molar-refractivity contribution in [2.24, 2.45) is 13.0 Å². The van der Waals surface area contributed by atoms with E-state index >= 15 is 0 Å². The maximum absolute atomic E-state index is 4.28. The van der Waals surface area contributed by atoms with E-state index in [2.05, 4.69) is 20.4 Å². The quantitative estimate of drug-likeness (QED) is 0.848. The highest BCUT2D eigenvalue weighted by Gasteiger charge is 2.17. The van der Waals surface area contributed by atoms with E-state index < -0.39 is 0 Å². The lowest BCUT2D eigenvalue weighted by Gasteiger charge is -2.25. The zero-order valence-electron chi connectivity index (χ0n) is 9.35. The van der Waals surface area contributed by atoms with E-state index in [4.69, 9.17) is 0 Å². The Kier molecular flexibility index (Phi) is 2.23. The largest absolute Gasteiger partial charge is 0.369 e. The minimum absolute atomic E-state index is 0.821. The summed E-state index contributed by atoms with van der Waals surface area (Å²) in [6.07, 6.45) is 7.46. The summed E-state index contributed by atoms with van der Waals surface area (Å²) in [7, 11) is 1.89. The highest BCUT2D eigenvalue weighted by molar-refractivity contribution is 5.85. The molecule has 2 heterocycles. The highest BCUT2D eigenvalue weighted by atomic mass is 15.3. The number of aromatic nitrogens is 4. The average Bonchev–Trinajstić information content (AvgIpc) is 2.60. The Morgan fingerprint density at radius 3 is 3.06 bits per heavy atom. The van der Waals surface area contributed by atoms with Gasteiger partial charge in [-0.1, -0.05) is 6.42 Å². The van der Waals surface area contributed by atoms with Gasteiger partial charge in [-0.15, -0.1) is 0 Å². The lowest BCUT2D eigenvalue weighted by molar-refractivity contribution is 0.333. The maximum Gasteiger partial charge on any atom is 0.163 e. The smallest absolute Gasteiger partial charge is 0.163 e. The summed E-state index contributed by atoms with van der Waals surface area (Å²) >= 11 is 0. The van der Waals surface area contributed by atoms with Crippen molar-refractivity contribution in [3.05, 3.63) is 12.5 Å². The lowest BCUT2D eigenvalue weighted by atomic mass is 9.85. The molecule has 0 spiro atoms. The van der Waals surface area contributed by atoms with Crippen LogP contribution in [-0.2, 0) is 7.05 Å². The van der Waals surface area contributed by atoms with E-state index in [1.807, 2.05) is 13.2 Å². The first-order valence-electron chi connectivity index (χ1n) is 5.71. The Morgan fingerprint density at radius 1 is 1.44 bits per heavy atom. The zero-order chi connectivity index (χ0) is 11.0. The predicted octanol–water partition coefficient (Wildman–Crippen LogP) is 1.58. The van der Waals surface area contributed by atoms with E-state index in [9.17, 15) is 0 Å². The number of nitrogens with one attached hydrogen (secondary N) is 1. The first-order valence-corrected chi connectivity index (χ1v) is 5.71. The van der Waals surface area contributed by atoms with Crippen molar-refractivity contribution in [3.63, 3.8) is 0 Å². The van der Waals surface area contributed by atoms with Crippen molar-refractivity contribution >= 4 is 16.9 Å². The number of rotatable bonds is 3. The molecule has 0 radical (unpaired) electrons. The van der Waals surface area contributed by atoms with Crippen molar-refractivity contribution in [2.45, 2.75) is 19.3 Å². The normalized spacial score (nSPS) is 16.3. The van der Waals surface area contributed by atoms with Gasteiger partial charge >= 0.3 is 0 Å². The summed E-state index contributed by atoms with van der Waals surface area (Å²) in [6.45, 7) is 1.01. The summed E-state index contributed by atoms with van der Waals surface area (Å²) < 4.78 is 1.77. The molecule has 1 fully saturated rings. The standard InChI is InChI=1S/C11H15N5/c1-16-11-9(6-15-16)10(13-7-14-11)12-5-8-3-2-4-8/h6-8H,2-5H2,1H3,(H,12,13,14). The minimum atomic E-state index is 0.821. The zero-order valence-corrected chi connectivity index (χ0v) is 9.35. The number of fused-ring (bicyclic) bond motifs is 1. The Hall–Kier alpha value is -1.65. The molecule has 5 nitrogen and oxygen atoms in total. The third-order valence-corrected chi connectivity index (χ3v) is 3.31. The molecule has 5 heteroatoms. The van der Waals surface area contributed by atoms with Crippen LogP contribution in [0.4, 0.5) is 5.82 Å². The second-order valence-corrected chi connectivity index (χ2v) is 4.41. The highest BCUT2D eigenvalue weighted by Crippen LogP contribution is 2.27. The SMILES string of the molecule is Cn1ncc2c(NCC3CCC3)ncnc21. The Labute approximate surface area is 93.9 Å². The summed E-state index contributed by atoms with van der Waals surface area (Å²) in [5.74, 6) is 1.73. The number of aryl methyl sites for hydroxylation is 1. The van der Waals surface area contributed by atoms with E-state index in [-0.39, 0.29) is 0 Å². The fraction of sp³-hybridized carbons (Fsp3) is 0.545. The van der Waals surface area contributed by atoms with E-state index in [1.165, 1.54) is 19.3 Å². The molecule has 2 aromatic heterocycles. The van der Waals surface area contributed by atoms with Crippen LogP contribution in [-0.4, -0.2) is 26.3 Å². The predicted molar refractivity (Wildman–Crippen MR) is 62.1 cm³/mol. The van der Waals surface area contributed by atoms with Crippen molar-refractivity contribution in [1.82, 2.24) is 19.7 Å². The topological polar surface area (TPSA) is 55.6 Å². The maximum atomic E-state index is 4.28. The summed E-state index contributed by atoms with van der Waals surface area (Å²) in [5, 5.41) is 8.59. The van der Waals surface area contributed by atoms with Crippen molar-refractivity contribution in [1.29, 1.82) is 0 Å². The molecular formula is C11H15N5. The number of hydrogen-bond donors (Lipinski definition) is 1. The second kappa shape index (κ2) is 3.73. The van der Waals surface area contributed by atoms with Gasteiger partial charge in [0.15, 0.2) is 5.65 Å². The average molecular weight is 217 g/mol. The van der Waals surface area contributed by atoms with Gasteiger partial charge < -0.3 is 5.32 Å². The first kappa shape index (κ1) is 9.57. The van der Waals surface area contributed by atoms with Crippen LogP contribution in [0.3, 0.4) is 0 Å². The molecule has 3 rings (SSSR count). The Balaban J connectivity index is 1.84. The van der Waals surface area contributed by atoms with Gasteiger partial charge in [-0.25, -0.2) is 9.97 Å². The van der Waals surface area contributed by atoms with Gasteiger partial charge in [0.1, 0.15) is 12.1 Å². The van der Waals surface area contributed by atoms with E-state index in [0.717, 1.165) is 29.3 Å². The molecule has 0 unspecified atom stereocenters. The summed E-state index contributed by atoms with van der Waals surface area (Å²) in [6, 6.07) is 0. The summed E-state index contributed by atoms with van der Waals surface area (Å²) in [5.41, 5.74) is 0.881. The van der Waals surface area contributed by atoms with Crippen molar-refractivity contribution < 1.29 is 0 Å². The molecule has 0 amide bonds. The molecule has 16 heavy (non-hydrogen) atoms. The van der Waals surface area contributed by atoms with Crippen LogP contribution in [0.2, 0.25) is 0 Å². The fourth-order valence-electron chi connectivity index (χ4n) is 2.04. The molecule has 0 aliphatic heterocycles. The molecule has 0 bridgehead atoms. The van der Waals surface area contributed by atoms with Crippen molar-refractivity contribution in [2.75, 3.05) is 11.9 Å². The van der Waals surface area contributed by atoms with Crippen LogP contribution in [0.15, 0.2) is 12.5 Å². The molecular weight excluding hydrogens is 202 g/mol. The first-order chi connectivity index (χ1) is 7.84. The van der Waals surface area contributed by atoms with Gasteiger partial charge in [0.2, 0.25) is 0 Å². The molecule has 1 N–H and O–H groups in total. The Morgan fingerprint density at radius 2 is 2.31 bits per heavy atom. The molecule has 1 saturated carbocycles. The molecule has 2 aromatic rings. The van der Waals surface area contributed by atoms with Gasteiger partial charge in [-0.2, -0.15) is 5.10 Å². The minimum Gasteiger partial charge on any atom is -0.369 e. The molecule has 1 aliphatic carbocycles. The fourth-order valence-corrected chi connectivity index (χ4v) is 2.04. The van der Waals surface area contributed by atoms with Crippen LogP contribution in [0.1, 0.15) is 19.3 Å². The van der Waals surface area contributed by atoms with E-state index in [1.54, 1.807) is 11.0 Å². The van der Waals surface area contributed by atoms with Crippen LogP contribution in [0, 0.1) is 5.92 Å². The number of hydrogen-bond acceptors (Lipinski definition) is 4. The van der Waals surface area contributed by atoms with Crippen LogP contribution >= 0.6 is 0 Å². The molecule has 84 valence electrons. The third kappa shape index (κ3) is 1.52. The molecule has 0 atom stereocenters. The van der Waals surface area contributed by atoms with Crippen LogP contribution in [0.25, 0.3) is 11.0 Å². The molecule has 0 aromatic carbocycles.